The highest BCUT2D eigenvalue weighted by atomic mass is 16.2. The topological polar surface area (TPSA) is 66.7 Å². The summed E-state index contributed by atoms with van der Waals surface area (Å²) in [5.74, 6) is 0.254. The van der Waals surface area contributed by atoms with Crippen LogP contribution in [0.15, 0.2) is 59.7 Å². The molecule has 1 aromatic carbocycles. The van der Waals surface area contributed by atoms with Gasteiger partial charge >= 0.3 is 0 Å². The number of amides is 1. The zero-order valence-electron chi connectivity index (χ0n) is 16.8. The van der Waals surface area contributed by atoms with Crippen molar-refractivity contribution in [1.82, 2.24) is 14.3 Å². The van der Waals surface area contributed by atoms with Gasteiger partial charge < -0.3 is 10.2 Å². The van der Waals surface area contributed by atoms with Gasteiger partial charge in [0.1, 0.15) is 11.2 Å². The zero-order chi connectivity index (χ0) is 20.4. The van der Waals surface area contributed by atoms with E-state index in [0.717, 1.165) is 18.5 Å². The minimum Gasteiger partial charge on any atom is -0.381 e. The quantitative estimate of drug-likeness (QED) is 0.740. The van der Waals surface area contributed by atoms with Crippen LogP contribution in [0.3, 0.4) is 0 Å². The summed E-state index contributed by atoms with van der Waals surface area (Å²) in [6.07, 6.45) is 4.94. The molecule has 0 bridgehead atoms. The van der Waals surface area contributed by atoms with Crippen LogP contribution in [0, 0.1) is 0 Å². The Kier molecular flexibility index (Phi) is 5.34. The van der Waals surface area contributed by atoms with E-state index in [4.69, 9.17) is 0 Å². The summed E-state index contributed by atoms with van der Waals surface area (Å²) in [5, 5.41) is 3.53. The Morgan fingerprint density at radius 2 is 1.97 bits per heavy atom. The maximum Gasteiger partial charge on any atom is 0.270 e. The van der Waals surface area contributed by atoms with Crippen molar-refractivity contribution in [3.05, 3.63) is 76.3 Å². The highest BCUT2D eigenvalue weighted by Gasteiger charge is 2.26. The van der Waals surface area contributed by atoms with Crippen molar-refractivity contribution in [2.75, 3.05) is 18.4 Å². The van der Waals surface area contributed by atoms with Gasteiger partial charge in [-0.05, 0) is 48.6 Å². The fourth-order valence-electron chi connectivity index (χ4n) is 3.82. The molecule has 150 valence electrons. The Bertz CT molecular complexity index is 1070. The van der Waals surface area contributed by atoms with Gasteiger partial charge in [-0.15, -0.1) is 0 Å². The van der Waals surface area contributed by atoms with Crippen LogP contribution in [0.4, 0.5) is 5.69 Å². The molecule has 6 nitrogen and oxygen atoms in total. The van der Waals surface area contributed by atoms with E-state index in [1.165, 1.54) is 16.2 Å². The lowest BCUT2D eigenvalue weighted by atomic mass is 10.0. The molecule has 1 saturated heterocycles. The van der Waals surface area contributed by atoms with E-state index in [0.29, 0.717) is 24.7 Å². The standard InChI is InChI=1S/C23H26N4O2/c1-16(2)17-8-10-18(11-9-17)25-19-6-5-12-26(15-19)22(28)20-14-24-21-7-3-4-13-27(21)23(20)29/h3-4,7-11,13-14,16,19,25H,5-6,12,15H2,1-2H3/t19-/m1/s1. The summed E-state index contributed by atoms with van der Waals surface area (Å²) < 4.78 is 1.42. The number of nitrogens with zero attached hydrogens (tertiary/aromatic N) is 3. The van der Waals surface area contributed by atoms with Crippen molar-refractivity contribution < 1.29 is 4.79 Å². The minimum absolute atomic E-state index is 0.121. The molecule has 3 aromatic rings. The monoisotopic (exact) mass is 390 g/mol. The smallest absolute Gasteiger partial charge is 0.270 e. The summed E-state index contributed by atoms with van der Waals surface area (Å²) in [5.41, 5.74) is 2.70. The molecule has 0 spiro atoms. The summed E-state index contributed by atoms with van der Waals surface area (Å²) >= 11 is 0. The SMILES string of the molecule is CC(C)c1ccc(N[C@@H]2CCCN(C(=O)c3cnc4ccccn4c3=O)C2)cc1. The number of piperidine rings is 1. The Balaban J connectivity index is 1.49. The number of anilines is 1. The van der Waals surface area contributed by atoms with Gasteiger partial charge in [-0.25, -0.2) is 4.98 Å². The van der Waals surface area contributed by atoms with E-state index < -0.39 is 0 Å². The molecule has 3 heterocycles. The van der Waals surface area contributed by atoms with E-state index >= 15 is 0 Å². The Morgan fingerprint density at radius 1 is 1.17 bits per heavy atom. The maximum absolute atomic E-state index is 13.0. The number of pyridine rings is 1. The van der Waals surface area contributed by atoms with Gasteiger partial charge in [0.25, 0.3) is 11.5 Å². The highest BCUT2D eigenvalue weighted by Crippen LogP contribution is 2.20. The molecule has 1 aliphatic heterocycles. The van der Waals surface area contributed by atoms with Gasteiger partial charge in [-0.2, -0.15) is 0 Å². The predicted octanol–water partition coefficient (Wildman–Crippen LogP) is 3.53. The molecule has 29 heavy (non-hydrogen) atoms. The third-order valence-electron chi connectivity index (χ3n) is 5.50. The third-order valence-corrected chi connectivity index (χ3v) is 5.50. The summed E-state index contributed by atoms with van der Waals surface area (Å²) in [7, 11) is 0. The van der Waals surface area contributed by atoms with E-state index in [9.17, 15) is 9.59 Å². The van der Waals surface area contributed by atoms with E-state index in [1.54, 1.807) is 23.2 Å². The fourth-order valence-corrected chi connectivity index (χ4v) is 3.82. The van der Waals surface area contributed by atoms with Gasteiger partial charge in [-0.1, -0.05) is 32.0 Å². The van der Waals surface area contributed by atoms with Gasteiger partial charge in [0.2, 0.25) is 0 Å². The van der Waals surface area contributed by atoms with Gasteiger partial charge in [0.15, 0.2) is 0 Å². The molecule has 0 unspecified atom stereocenters. The second kappa shape index (κ2) is 8.07. The van der Waals surface area contributed by atoms with Crippen molar-refractivity contribution in [2.45, 2.75) is 38.6 Å². The van der Waals surface area contributed by atoms with Crippen molar-refractivity contribution >= 4 is 17.2 Å². The molecule has 1 amide bonds. The van der Waals surface area contributed by atoms with E-state index in [1.807, 2.05) is 6.07 Å². The van der Waals surface area contributed by atoms with Gasteiger partial charge in [0.05, 0.1) is 0 Å². The molecule has 2 aromatic heterocycles. The van der Waals surface area contributed by atoms with Crippen LogP contribution < -0.4 is 10.9 Å². The van der Waals surface area contributed by atoms with Gasteiger partial charge in [-0.3, -0.25) is 14.0 Å². The zero-order valence-corrected chi connectivity index (χ0v) is 16.8. The van der Waals surface area contributed by atoms with Crippen molar-refractivity contribution in [2.24, 2.45) is 0 Å². The number of nitrogens with one attached hydrogen (secondary N) is 1. The molecular weight excluding hydrogens is 364 g/mol. The molecule has 1 fully saturated rings. The summed E-state index contributed by atoms with van der Waals surface area (Å²) in [6, 6.07) is 14.0. The molecule has 0 saturated carbocycles. The fraction of sp³-hybridized carbons (Fsp3) is 0.348. The molecule has 0 aliphatic carbocycles. The van der Waals surface area contributed by atoms with Crippen LogP contribution in [-0.4, -0.2) is 39.3 Å². The first kappa shape index (κ1) is 19.2. The second-order valence-electron chi connectivity index (χ2n) is 7.92. The van der Waals surface area contributed by atoms with Crippen molar-refractivity contribution in [3.8, 4) is 0 Å². The Morgan fingerprint density at radius 3 is 2.72 bits per heavy atom. The second-order valence-corrected chi connectivity index (χ2v) is 7.92. The average Bonchev–Trinajstić information content (AvgIpc) is 2.74. The lowest BCUT2D eigenvalue weighted by molar-refractivity contribution is 0.0712. The molecular formula is C23H26N4O2. The number of hydrogen-bond acceptors (Lipinski definition) is 4. The summed E-state index contributed by atoms with van der Waals surface area (Å²) in [6.45, 7) is 5.58. The van der Waals surface area contributed by atoms with Crippen molar-refractivity contribution in [1.29, 1.82) is 0 Å². The minimum atomic E-state index is -0.319. The van der Waals surface area contributed by atoms with E-state index in [2.05, 4.69) is 48.4 Å². The van der Waals surface area contributed by atoms with Crippen LogP contribution in [0.2, 0.25) is 0 Å². The van der Waals surface area contributed by atoms with Crippen LogP contribution in [0.1, 0.15) is 48.5 Å². The maximum atomic E-state index is 13.0. The van der Waals surface area contributed by atoms with Gasteiger partial charge in [0, 0.05) is 37.2 Å². The number of carbonyl (C=O) groups excluding carboxylic acids is 1. The third kappa shape index (κ3) is 4.01. The van der Waals surface area contributed by atoms with Crippen LogP contribution in [0.5, 0.6) is 0 Å². The first-order chi connectivity index (χ1) is 14.0. The molecule has 1 aliphatic rings. The molecule has 0 radical (unpaired) electrons. The van der Waals surface area contributed by atoms with Crippen LogP contribution >= 0.6 is 0 Å². The Hall–Kier alpha value is -3.15. The number of benzene rings is 1. The number of hydrogen-bond donors (Lipinski definition) is 1. The lowest BCUT2D eigenvalue weighted by Gasteiger charge is -2.33. The number of likely N-dealkylation sites (tertiary alicyclic amines) is 1. The number of aromatic nitrogens is 2. The molecule has 1 atom stereocenters. The van der Waals surface area contributed by atoms with E-state index in [-0.39, 0.29) is 23.1 Å². The number of fused-ring (bicyclic) bond motifs is 1. The summed E-state index contributed by atoms with van der Waals surface area (Å²) in [4.78, 5) is 31.8. The van der Waals surface area contributed by atoms with Crippen molar-refractivity contribution in [3.63, 3.8) is 0 Å². The normalized spacial score (nSPS) is 16.9. The first-order valence-corrected chi connectivity index (χ1v) is 10.1. The average molecular weight is 390 g/mol. The van der Waals surface area contributed by atoms with Crippen LogP contribution in [-0.2, 0) is 0 Å². The number of rotatable bonds is 4. The Labute approximate surface area is 170 Å². The predicted molar refractivity (Wildman–Crippen MR) is 115 cm³/mol. The first-order valence-electron chi connectivity index (χ1n) is 10.1. The largest absolute Gasteiger partial charge is 0.381 e. The molecule has 6 heteroatoms. The molecule has 1 N–H and O–H groups in total. The molecule has 4 rings (SSSR count). The van der Waals surface area contributed by atoms with Crippen LogP contribution in [0.25, 0.3) is 5.65 Å². The lowest BCUT2D eigenvalue weighted by Crippen LogP contribution is -2.46. The highest BCUT2D eigenvalue weighted by molar-refractivity contribution is 5.93. The number of carbonyl (C=O) groups is 1.